The molecule has 3 heteroatoms. The normalized spacial score (nSPS) is 10.7. The zero-order valence-electron chi connectivity index (χ0n) is 27.0. The van der Waals surface area contributed by atoms with Gasteiger partial charge in [0.1, 0.15) is 0 Å². The van der Waals surface area contributed by atoms with Crippen molar-refractivity contribution in [1.29, 1.82) is 0 Å². The Hall–Kier alpha value is -2.45. The van der Waals surface area contributed by atoms with Gasteiger partial charge in [-0.1, -0.05) is 125 Å². The fraction of sp³-hybridized carbons (Fsp3) is 0.220. The van der Waals surface area contributed by atoms with Crippen LogP contribution >= 0.6 is 24.8 Å². The Morgan fingerprint density at radius 2 is 0.818 bits per heavy atom. The van der Waals surface area contributed by atoms with E-state index in [1.807, 2.05) is 0 Å². The summed E-state index contributed by atoms with van der Waals surface area (Å²) in [7, 11) is 0. The molecule has 0 atom stereocenters. The van der Waals surface area contributed by atoms with Crippen LogP contribution in [0.25, 0.3) is 43.8 Å². The molecule has 0 heterocycles. The SMILES string of the molecule is CC(C)(C)c1cc2c(-c3ccccc3)cccc2[cH-]1.CC(C)(C)c1cc2c(-c3ccccc3)cccc2[cH-]1.Cl.Cl.[CH2-]C[CH2-].[Hf+4]. The molecule has 0 radical (unpaired) electrons. The molecule has 0 amide bonds. The molecule has 0 aliphatic carbocycles. The molecule has 0 N–H and O–H groups in total. The van der Waals surface area contributed by atoms with Gasteiger partial charge < -0.3 is 20.3 Å². The summed E-state index contributed by atoms with van der Waals surface area (Å²) in [4.78, 5) is 0. The minimum absolute atomic E-state index is 0. The van der Waals surface area contributed by atoms with E-state index in [2.05, 4.69) is 177 Å². The summed E-state index contributed by atoms with van der Waals surface area (Å²) >= 11 is 0. The van der Waals surface area contributed by atoms with Crippen LogP contribution in [0, 0.1) is 13.8 Å². The van der Waals surface area contributed by atoms with Crippen molar-refractivity contribution >= 4 is 46.4 Å². The van der Waals surface area contributed by atoms with Crippen LogP contribution in [0.3, 0.4) is 0 Å². The number of fused-ring (bicyclic) bond motifs is 2. The first-order valence-corrected chi connectivity index (χ1v) is 14.6. The van der Waals surface area contributed by atoms with Gasteiger partial charge >= 0.3 is 25.8 Å². The van der Waals surface area contributed by atoms with Gasteiger partial charge in [-0.3, -0.25) is 0 Å². The van der Waals surface area contributed by atoms with E-state index in [1.165, 1.54) is 54.9 Å². The maximum absolute atomic E-state index is 3.38. The molecule has 0 aromatic heterocycles. The van der Waals surface area contributed by atoms with Crippen LogP contribution in [0.2, 0.25) is 0 Å². The maximum atomic E-state index is 3.38. The third-order valence-electron chi connectivity index (χ3n) is 7.40. The van der Waals surface area contributed by atoms with E-state index >= 15 is 0 Å². The maximum Gasteiger partial charge on any atom is 4.00 e. The van der Waals surface area contributed by atoms with E-state index in [0.29, 0.717) is 0 Å². The molecule has 0 saturated carbocycles. The molecule has 0 spiro atoms. The summed E-state index contributed by atoms with van der Waals surface area (Å²) in [5.74, 6) is 0. The van der Waals surface area contributed by atoms with Crippen LogP contribution in [0.4, 0.5) is 0 Å². The summed E-state index contributed by atoms with van der Waals surface area (Å²) in [5.41, 5.74) is 8.46. The molecule has 0 bridgehead atoms. The molecule has 0 aliphatic rings. The number of hydrogen-bond donors (Lipinski definition) is 0. The molecule has 0 saturated heterocycles. The molecular formula is C41H46Cl2Hf. The number of hydrogen-bond acceptors (Lipinski definition) is 0. The summed E-state index contributed by atoms with van der Waals surface area (Å²) in [6.07, 6.45) is 0.750. The zero-order valence-corrected chi connectivity index (χ0v) is 32.2. The van der Waals surface area contributed by atoms with Crippen molar-refractivity contribution in [3.05, 3.63) is 146 Å². The van der Waals surface area contributed by atoms with E-state index in [1.54, 1.807) is 0 Å². The number of benzene rings is 4. The third-order valence-corrected chi connectivity index (χ3v) is 7.40. The van der Waals surface area contributed by atoms with Crippen molar-refractivity contribution in [3.63, 3.8) is 0 Å². The van der Waals surface area contributed by atoms with E-state index in [0.717, 1.165) is 6.42 Å². The van der Waals surface area contributed by atoms with Gasteiger partial charge in [0.15, 0.2) is 0 Å². The zero-order chi connectivity index (χ0) is 29.6. The first kappa shape index (κ1) is 39.6. The van der Waals surface area contributed by atoms with Crippen molar-refractivity contribution in [2.24, 2.45) is 0 Å². The van der Waals surface area contributed by atoms with Crippen molar-refractivity contribution in [1.82, 2.24) is 0 Å². The van der Waals surface area contributed by atoms with E-state index < -0.39 is 0 Å². The molecule has 0 unspecified atom stereocenters. The van der Waals surface area contributed by atoms with Gasteiger partial charge in [-0.2, -0.15) is 12.1 Å². The average Bonchev–Trinajstić information content (AvgIpc) is 3.60. The van der Waals surface area contributed by atoms with Gasteiger partial charge in [0.05, 0.1) is 0 Å². The second-order valence-corrected chi connectivity index (χ2v) is 12.7. The van der Waals surface area contributed by atoms with Crippen LogP contribution in [-0.2, 0) is 36.7 Å². The predicted molar refractivity (Wildman–Crippen MR) is 197 cm³/mol. The van der Waals surface area contributed by atoms with E-state index in [-0.39, 0.29) is 61.5 Å². The van der Waals surface area contributed by atoms with Gasteiger partial charge in [-0.05, 0) is 22.0 Å². The first-order valence-electron chi connectivity index (χ1n) is 14.6. The largest absolute Gasteiger partial charge is 4.00 e. The summed E-state index contributed by atoms with van der Waals surface area (Å²) in [5, 5.41) is 5.40. The molecule has 0 aliphatic heterocycles. The minimum atomic E-state index is 0. The standard InChI is InChI=1S/2C19H19.C3H6.2ClH.Hf/c2*1-19(2,3)16-12-15-10-7-11-17(18(15)13-16)14-8-5-4-6-9-14;1-3-2;;;/h2*4-13H,1-3H3;1-3H2;2*1H;/q2*-1;-2;;;+4. The Kier molecular flexibility index (Phi) is 15.6. The van der Waals surface area contributed by atoms with Gasteiger partial charge in [0.2, 0.25) is 0 Å². The Bertz CT molecular complexity index is 1550. The Morgan fingerprint density at radius 3 is 1.11 bits per heavy atom. The minimum Gasteiger partial charge on any atom is -0.372 e. The van der Waals surface area contributed by atoms with Gasteiger partial charge in [-0.25, -0.2) is 0 Å². The van der Waals surface area contributed by atoms with Gasteiger partial charge in [0, 0.05) is 0 Å². The Morgan fingerprint density at radius 1 is 0.500 bits per heavy atom. The van der Waals surface area contributed by atoms with Crippen molar-refractivity contribution < 1.29 is 25.8 Å². The molecule has 0 nitrogen and oxygen atoms in total. The van der Waals surface area contributed by atoms with Gasteiger partial charge in [-0.15, -0.1) is 93.9 Å². The summed E-state index contributed by atoms with van der Waals surface area (Å²) in [6.45, 7) is 20.4. The van der Waals surface area contributed by atoms with Crippen LogP contribution in [0.1, 0.15) is 59.1 Å². The smallest absolute Gasteiger partial charge is 0.372 e. The fourth-order valence-corrected chi connectivity index (χ4v) is 5.07. The number of rotatable bonds is 2. The Labute approximate surface area is 297 Å². The monoisotopic (exact) mass is 788 g/mol. The first-order chi connectivity index (χ1) is 19.5. The molecular weight excluding hydrogens is 742 g/mol. The summed E-state index contributed by atoms with van der Waals surface area (Å²) < 4.78 is 0. The van der Waals surface area contributed by atoms with Crippen LogP contribution in [-0.4, -0.2) is 0 Å². The second-order valence-electron chi connectivity index (χ2n) is 12.7. The van der Waals surface area contributed by atoms with E-state index in [9.17, 15) is 0 Å². The molecule has 44 heavy (non-hydrogen) atoms. The molecule has 228 valence electrons. The quantitative estimate of drug-likeness (QED) is 0.121. The topological polar surface area (TPSA) is 0 Å². The fourth-order valence-electron chi connectivity index (χ4n) is 5.07. The summed E-state index contributed by atoms with van der Waals surface area (Å²) in [6, 6.07) is 43.7. The van der Waals surface area contributed by atoms with Crippen molar-refractivity contribution in [3.8, 4) is 22.3 Å². The third kappa shape index (κ3) is 9.77. The molecule has 0 fully saturated rings. The predicted octanol–water partition coefficient (Wildman–Crippen LogP) is 12.9. The Balaban J connectivity index is 0.000000380. The van der Waals surface area contributed by atoms with Crippen molar-refractivity contribution in [2.45, 2.75) is 58.8 Å². The second kappa shape index (κ2) is 17.3. The van der Waals surface area contributed by atoms with Crippen LogP contribution < -0.4 is 0 Å². The molecule has 6 rings (SSSR count). The number of halogens is 2. The van der Waals surface area contributed by atoms with E-state index in [4.69, 9.17) is 0 Å². The van der Waals surface area contributed by atoms with Crippen LogP contribution in [0.5, 0.6) is 0 Å². The molecule has 6 aromatic rings. The molecule has 6 aromatic carbocycles. The van der Waals surface area contributed by atoms with Crippen molar-refractivity contribution in [2.75, 3.05) is 0 Å². The van der Waals surface area contributed by atoms with Crippen LogP contribution in [0.15, 0.2) is 121 Å². The van der Waals surface area contributed by atoms with Gasteiger partial charge in [0.25, 0.3) is 0 Å². The average molecular weight is 788 g/mol.